The second-order valence-electron chi connectivity index (χ2n) is 6.03. The molecule has 4 N–H and O–H groups in total. The molecule has 0 amide bonds. The number of carbonyl (C=O) groups is 2. The molecule has 3 rings (SSSR count). The molecule has 9 nitrogen and oxygen atoms in total. The van der Waals surface area contributed by atoms with Crippen LogP contribution in [0.15, 0.2) is 29.7 Å². The van der Waals surface area contributed by atoms with E-state index in [4.69, 9.17) is 10.5 Å². The zero-order valence-corrected chi connectivity index (χ0v) is 14.5. The van der Waals surface area contributed by atoms with Crippen molar-refractivity contribution in [2.45, 2.75) is 18.0 Å². The molecule has 31 heavy (non-hydrogen) atoms. The molecule has 2 heterocycles. The third kappa shape index (κ3) is 2.95. The highest BCUT2D eigenvalue weighted by molar-refractivity contribution is 6.03. The fraction of sp³-hybridized carbons (Fsp3) is 0.188. The Kier molecular flexibility index (Phi) is 4.50. The number of aliphatic carboxylic acids is 1. The Morgan fingerprint density at radius 1 is 1.19 bits per heavy atom. The van der Waals surface area contributed by atoms with E-state index in [1.807, 2.05) is 0 Å². The van der Waals surface area contributed by atoms with Gasteiger partial charge in [-0.2, -0.15) is 18.4 Å². The quantitative estimate of drug-likeness (QED) is 0.591. The summed E-state index contributed by atoms with van der Waals surface area (Å²) in [7, 11) is 0. The second-order valence-corrected chi connectivity index (χ2v) is 6.03. The van der Waals surface area contributed by atoms with Gasteiger partial charge in [0.2, 0.25) is 17.2 Å². The molecule has 1 aromatic heterocycles. The molecule has 0 bridgehead atoms. The number of nitriles is 1. The van der Waals surface area contributed by atoms with Crippen molar-refractivity contribution in [3.05, 3.63) is 35.2 Å². The van der Waals surface area contributed by atoms with Crippen LogP contribution in [0.1, 0.15) is 5.56 Å². The van der Waals surface area contributed by atoms with E-state index in [1.165, 1.54) is 0 Å². The van der Waals surface area contributed by atoms with Gasteiger partial charge in [0, 0.05) is 5.39 Å². The van der Waals surface area contributed by atoms with Gasteiger partial charge in [0.1, 0.15) is 17.4 Å². The summed E-state index contributed by atoms with van der Waals surface area (Å²) in [6.07, 6.45) is -13.0. The van der Waals surface area contributed by atoms with Gasteiger partial charge in [0.25, 0.3) is 0 Å². The Hall–Kier alpha value is -4.09. The molecule has 15 heteroatoms. The van der Waals surface area contributed by atoms with Crippen LogP contribution in [0, 0.1) is 11.3 Å². The van der Waals surface area contributed by atoms with Crippen molar-refractivity contribution in [1.29, 1.82) is 5.26 Å². The lowest BCUT2D eigenvalue weighted by atomic mass is 9.72. The summed E-state index contributed by atoms with van der Waals surface area (Å²) >= 11 is 0. The Labute approximate surface area is 166 Å². The van der Waals surface area contributed by atoms with E-state index in [0.29, 0.717) is 18.2 Å². The third-order valence-electron chi connectivity index (χ3n) is 4.38. The lowest BCUT2D eigenvalue weighted by molar-refractivity contribution is -0.274. The Morgan fingerprint density at radius 3 is 2.26 bits per heavy atom. The minimum absolute atomic E-state index is 0.0620. The predicted octanol–water partition coefficient (Wildman–Crippen LogP) is 3.04. The van der Waals surface area contributed by atoms with Gasteiger partial charge in [0.05, 0.1) is 11.1 Å². The third-order valence-corrected chi connectivity index (χ3v) is 4.38. The van der Waals surface area contributed by atoms with Gasteiger partial charge in [-0.15, -0.1) is 13.2 Å². The van der Waals surface area contributed by atoms with E-state index in [0.717, 1.165) is 6.07 Å². The van der Waals surface area contributed by atoms with Crippen LogP contribution in [-0.2, 0) is 10.2 Å². The van der Waals surface area contributed by atoms with Crippen molar-refractivity contribution >= 4 is 23.0 Å². The van der Waals surface area contributed by atoms with Crippen molar-refractivity contribution < 1.29 is 55.6 Å². The van der Waals surface area contributed by atoms with Crippen LogP contribution in [0.25, 0.3) is 10.9 Å². The van der Waals surface area contributed by atoms with E-state index in [-0.39, 0.29) is 4.57 Å². The number of halogens is 6. The van der Waals surface area contributed by atoms with Gasteiger partial charge in [0.15, 0.2) is 0 Å². The van der Waals surface area contributed by atoms with Crippen LogP contribution in [0.4, 0.5) is 31.1 Å². The summed E-state index contributed by atoms with van der Waals surface area (Å²) in [6, 6.07) is 2.59. The molecule has 1 aromatic carbocycles. The topological polar surface area (TPSA) is 148 Å². The number of carboxylic acid groups (broad SMARTS) is 2. The Bertz CT molecular complexity index is 1210. The number of rotatable bonds is 2. The average Bonchev–Trinajstić information content (AvgIpc) is 2.90. The first-order chi connectivity index (χ1) is 14.2. The maximum absolute atomic E-state index is 14.2. The van der Waals surface area contributed by atoms with Gasteiger partial charge >= 0.3 is 24.6 Å². The molecule has 1 atom stereocenters. The first-order valence-corrected chi connectivity index (χ1v) is 7.73. The molecule has 0 saturated carbocycles. The van der Waals surface area contributed by atoms with E-state index >= 15 is 0 Å². The van der Waals surface area contributed by atoms with Gasteiger partial charge in [-0.25, -0.2) is 9.36 Å². The Balaban J connectivity index is 2.57. The van der Waals surface area contributed by atoms with Gasteiger partial charge < -0.3 is 25.4 Å². The molecule has 1 aliphatic heterocycles. The zero-order chi connectivity index (χ0) is 23.5. The lowest BCUT2D eigenvalue weighted by Crippen LogP contribution is -2.53. The summed E-state index contributed by atoms with van der Waals surface area (Å²) in [5.74, 6) is -6.35. The van der Waals surface area contributed by atoms with Gasteiger partial charge in [-0.1, -0.05) is 0 Å². The van der Waals surface area contributed by atoms with Crippen molar-refractivity contribution in [1.82, 2.24) is 4.57 Å². The number of alkyl halides is 6. The predicted molar refractivity (Wildman–Crippen MR) is 84.9 cm³/mol. The molecular formula is C16H7F6N3O6. The van der Waals surface area contributed by atoms with E-state index < -0.39 is 69.6 Å². The number of aromatic nitrogens is 1. The van der Waals surface area contributed by atoms with Crippen LogP contribution in [0.3, 0.4) is 0 Å². The summed E-state index contributed by atoms with van der Waals surface area (Å²) in [5.41, 5.74) is -2.68. The molecule has 0 radical (unpaired) electrons. The smallest absolute Gasteiger partial charge is 0.480 e. The average molecular weight is 451 g/mol. The first-order valence-electron chi connectivity index (χ1n) is 7.73. The fourth-order valence-corrected chi connectivity index (χ4v) is 3.32. The monoisotopic (exact) mass is 451 g/mol. The van der Waals surface area contributed by atoms with Crippen LogP contribution >= 0.6 is 0 Å². The molecule has 0 spiro atoms. The molecule has 0 aliphatic carbocycles. The summed E-state index contributed by atoms with van der Waals surface area (Å²) < 4.78 is 88.8. The number of hydrogen-bond donors (Lipinski definition) is 3. The van der Waals surface area contributed by atoms with Crippen molar-refractivity contribution in [3.8, 4) is 17.7 Å². The van der Waals surface area contributed by atoms with Crippen molar-refractivity contribution in [2.24, 2.45) is 5.73 Å². The van der Waals surface area contributed by atoms with E-state index in [2.05, 4.69) is 4.74 Å². The maximum atomic E-state index is 14.2. The van der Waals surface area contributed by atoms with Crippen LogP contribution < -0.4 is 15.2 Å². The van der Waals surface area contributed by atoms with Crippen LogP contribution in [0.5, 0.6) is 11.6 Å². The highest BCUT2D eigenvalue weighted by Crippen LogP contribution is 2.56. The standard InChI is InChI=1S/C16H7F6N3O6/c17-15(18,19)14(12(26)27)7(4-23)10(24)30-11-9(14)6-3-5(31-16(20,21)22)1-2-8(6)25(11)13(28)29/h1-3H,24H2,(H,26,27)(H,28,29). The fourth-order valence-electron chi connectivity index (χ4n) is 3.32. The van der Waals surface area contributed by atoms with E-state index in [1.54, 1.807) is 0 Å². The maximum Gasteiger partial charge on any atom is 0.573 e. The van der Waals surface area contributed by atoms with Crippen LogP contribution in [0.2, 0.25) is 0 Å². The highest BCUT2D eigenvalue weighted by Gasteiger charge is 2.70. The SMILES string of the molecule is N#CC1=C(N)Oc2c(c3cc(OC(F)(F)F)ccc3n2C(=O)O)C1(C(=O)O)C(F)(F)F. The number of hydrogen-bond acceptors (Lipinski definition) is 6. The minimum Gasteiger partial charge on any atom is -0.480 e. The second kappa shape index (κ2) is 6.45. The number of fused-ring (bicyclic) bond motifs is 3. The summed E-state index contributed by atoms with van der Waals surface area (Å²) in [6.45, 7) is 0. The molecule has 1 aliphatic rings. The zero-order valence-electron chi connectivity index (χ0n) is 14.5. The number of benzene rings is 1. The lowest BCUT2D eigenvalue weighted by Gasteiger charge is -2.35. The largest absolute Gasteiger partial charge is 0.573 e. The molecule has 0 fully saturated rings. The van der Waals surface area contributed by atoms with Gasteiger partial charge in [-0.05, 0) is 18.2 Å². The number of nitrogens with zero attached hydrogens (tertiary/aromatic N) is 2. The first kappa shape index (κ1) is 21.6. The molecular weight excluding hydrogens is 444 g/mol. The molecule has 2 aromatic rings. The highest BCUT2D eigenvalue weighted by atomic mass is 19.4. The van der Waals surface area contributed by atoms with Crippen molar-refractivity contribution in [2.75, 3.05) is 0 Å². The van der Waals surface area contributed by atoms with Crippen LogP contribution in [-0.4, -0.2) is 39.4 Å². The molecule has 1 unspecified atom stereocenters. The number of nitrogens with two attached hydrogens (primary N) is 1. The molecule has 0 saturated heterocycles. The molecule has 164 valence electrons. The van der Waals surface area contributed by atoms with E-state index in [9.17, 15) is 51.4 Å². The normalized spacial score (nSPS) is 18.9. The Morgan fingerprint density at radius 2 is 1.81 bits per heavy atom. The summed E-state index contributed by atoms with van der Waals surface area (Å²) in [4.78, 5) is 23.6. The van der Waals surface area contributed by atoms with Gasteiger partial charge in [-0.3, -0.25) is 4.79 Å². The minimum atomic E-state index is -5.80. The number of ether oxygens (including phenoxy) is 2. The number of carboxylic acids is 1. The van der Waals surface area contributed by atoms with Crippen molar-refractivity contribution in [3.63, 3.8) is 0 Å². The summed E-state index contributed by atoms with van der Waals surface area (Å²) in [5, 5.41) is 27.3.